The maximum atomic E-state index is 13.3. The Morgan fingerprint density at radius 3 is 2.65 bits per heavy atom. The molecule has 0 radical (unpaired) electrons. The van der Waals surface area contributed by atoms with Crippen LogP contribution in [0.1, 0.15) is 41.6 Å². The third kappa shape index (κ3) is 3.60. The lowest BCUT2D eigenvalue weighted by atomic mass is 10.0. The van der Waals surface area contributed by atoms with Crippen LogP contribution in [0.5, 0.6) is 0 Å². The molecule has 1 unspecified atom stereocenters. The van der Waals surface area contributed by atoms with E-state index in [-0.39, 0.29) is 16.9 Å². The van der Waals surface area contributed by atoms with Gasteiger partial charge in [-0.15, -0.1) is 11.3 Å². The molecule has 0 aliphatic carbocycles. The molecule has 1 aromatic carbocycles. The van der Waals surface area contributed by atoms with Gasteiger partial charge in [-0.25, -0.2) is 4.39 Å². The van der Waals surface area contributed by atoms with Crippen LogP contribution in [-0.2, 0) is 6.42 Å². The molecular formula is C16H19ClFNS. The molecule has 1 atom stereocenters. The number of nitrogens with one attached hydrogen (secondary N) is 1. The summed E-state index contributed by atoms with van der Waals surface area (Å²) in [6.45, 7) is 5.20. The van der Waals surface area contributed by atoms with Gasteiger partial charge in [-0.05, 0) is 49.2 Å². The molecule has 0 spiro atoms. The number of hydrogen-bond acceptors (Lipinski definition) is 2. The number of benzene rings is 1. The van der Waals surface area contributed by atoms with Crippen LogP contribution in [0, 0.1) is 5.82 Å². The van der Waals surface area contributed by atoms with Gasteiger partial charge in [0.05, 0.1) is 11.1 Å². The summed E-state index contributed by atoms with van der Waals surface area (Å²) in [6.07, 6.45) is 2.09. The van der Waals surface area contributed by atoms with E-state index >= 15 is 0 Å². The second kappa shape index (κ2) is 7.21. The number of aryl methyl sites for hydroxylation is 1. The molecule has 20 heavy (non-hydrogen) atoms. The first-order valence-electron chi connectivity index (χ1n) is 6.92. The lowest BCUT2D eigenvalue weighted by molar-refractivity contribution is 0.599. The van der Waals surface area contributed by atoms with E-state index in [1.165, 1.54) is 15.8 Å². The number of rotatable bonds is 6. The third-order valence-electron chi connectivity index (χ3n) is 3.19. The van der Waals surface area contributed by atoms with Gasteiger partial charge < -0.3 is 5.32 Å². The molecule has 0 amide bonds. The zero-order valence-electron chi connectivity index (χ0n) is 11.7. The molecule has 2 rings (SSSR count). The Morgan fingerprint density at radius 1 is 1.25 bits per heavy atom. The van der Waals surface area contributed by atoms with Crippen LogP contribution in [0.2, 0.25) is 5.02 Å². The SMILES string of the molecule is CCCNC(c1ccc(F)c(Cl)c1)c1ccc(CC)s1. The van der Waals surface area contributed by atoms with Crippen molar-refractivity contribution in [1.82, 2.24) is 5.32 Å². The number of hydrogen-bond donors (Lipinski definition) is 1. The van der Waals surface area contributed by atoms with Crippen molar-refractivity contribution in [3.8, 4) is 0 Å². The van der Waals surface area contributed by atoms with Gasteiger partial charge in [-0.1, -0.05) is 31.5 Å². The maximum absolute atomic E-state index is 13.3. The van der Waals surface area contributed by atoms with E-state index in [0.29, 0.717) is 0 Å². The largest absolute Gasteiger partial charge is 0.306 e. The van der Waals surface area contributed by atoms with Gasteiger partial charge in [0.25, 0.3) is 0 Å². The fourth-order valence-electron chi connectivity index (χ4n) is 2.10. The van der Waals surface area contributed by atoms with Crippen LogP contribution in [0.3, 0.4) is 0 Å². The number of thiophene rings is 1. The first-order chi connectivity index (χ1) is 9.65. The van der Waals surface area contributed by atoms with Gasteiger partial charge in [0.2, 0.25) is 0 Å². The Morgan fingerprint density at radius 2 is 2.05 bits per heavy atom. The highest BCUT2D eigenvalue weighted by atomic mass is 35.5. The summed E-state index contributed by atoms with van der Waals surface area (Å²) in [5.41, 5.74) is 1.01. The monoisotopic (exact) mass is 311 g/mol. The fourth-order valence-corrected chi connectivity index (χ4v) is 3.35. The van der Waals surface area contributed by atoms with Gasteiger partial charge in [-0.2, -0.15) is 0 Å². The minimum absolute atomic E-state index is 0.0818. The van der Waals surface area contributed by atoms with E-state index in [2.05, 4.69) is 31.3 Å². The molecule has 2 aromatic rings. The van der Waals surface area contributed by atoms with Crippen LogP contribution in [0.4, 0.5) is 4.39 Å². The van der Waals surface area contributed by atoms with E-state index < -0.39 is 0 Å². The van der Waals surface area contributed by atoms with Crippen molar-refractivity contribution >= 4 is 22.9 Å². The minimum Gasteiger partial charge on any atom is -0.306 e. The third-order valence-corrected chi connectivity index (χ3v) is 4.77. The first kappa shape index (κ1) is 15.5. The minimum atomic E-state index is -0.370. The topological polar surface area (TPSA) is 12.0 Å². The Labute approximate surface area is 128 Å². The quantitative estimate of drug-likeness (QED) is 0.774. The van der Waals surface area contributed by atoms with Crippen molar-refractivity contribution < 1.29 is 4.39 Å². The van der Waals surface area contributed by atoms with Crippen LogP contribution < -0.4 is 5.32 Å². The van der Waals surface area contributed by atoms with E-state index in [1.54, 1.807) is 23.5 Å². The van der Waals surface area contributed by atoms with E-state index in [1.807, 2.05) is 0 Å². The van der Waals surface area contributed by atoms with Crippen LogP contribution in [0.25, 0.3) is 0 Å². The Balaban J connectivity index is 2.32. The molecule has 0 fully saturated rings. The van der Waals surface area contributed by atoms with Crippen molar-refractivity contribution in [1.29, 1.82) is 0 Å². The summed E-state index contributed by atoms with van der Waals surface area (Å²) in [5.74, 6) is -0.370. The van der Waals surface area contributed by atoms with Crippen LogP contribution >= 0.6 is 22.9 Å². The molecule has 0 saturated carbocycles. The van der Waals surface area contributed by atoms with Gasteiger partial charge in [0.15, 0.2) is 0 Å². The molecular weight excluding hydrogens is 293 g/mol. The van der Waals surface area contributed by atoms with Crippen molar-refractivity contribution in [3.05, 3.63) is 56.5 Å². The van der Waals surface area contributed by atoms with Crippen molar-refractivity contribution in [2.45, 2.75) is 32.7 Å². The average Bonchev–Trinajstić information content (AvgIpc) is 2.92. The highest BCUT2D eigenvalue weighted by Gasteiger charge is 2.16. The van der Waals surface area contributed by atoms with Crippen molar-refractivity contribution in [3.63, 3.8) is 0 Å². The predicted molar refractivity (Wildman–Crippen MR) is 85.2 cm³/mol. The lowest BCUT2D eigenvalue weighted by Crippen LogP contribution is -2.22. The van der Waals surface area contributed by atoms with E-state index in [0.717, 1.165) is 24.9 Å². The molecule has 0 bridgehead atoms. The maximum Gasteiger partial charge on any atom is 0.141 e. The molecule has 1 aromatic heterocycles. The molecule has 0 aliphatic heterocycles. The zero-order valence-corrected chi connectivity index (χ0v) is 13.3. The van der Waals surface area contributed by atoms with E-state index in [4.69, 9.17) is 11.6 Å². The first-order valence-corrected chi connectivity index (χ1v) is 8.12. The molecule has 0 saturated heterocycles. The molecule has 1 N–H and O–H groups in total. The Kier molecular flexibility index (Phi) is 5.58. The highest BCUT2D eigenvalue weighted by Crippen LogP contribution is 2.30. The Hall–Kier alpha value is -0.900. The fraction of sp³-hybridized carbons (Fsp3) is 0.375. The number of halogens is 2. The predicted octanol–water partition coefficient (Wildman–Crippen LogP) is 5.19. The summed E-state index contributed by atoms with van der Waals surface area (Å²) in [7, 11) is 0. The summed E-state index contributed by atoms with van der Waals surface area (Å²) >= 11 is 7.71. The zero-order chi connectivity index (χ0) is 14.5. The van der Waals surface area contributed by atoms with Gasteiger partial charge >= 0.3 is 0 Å². The molecule has 108 valence electrons. The highest BCUT2D eigenvalue weighted by molar-refractivity contribution is 7.12. The lowest BCUT2D eigenvalue weighted by Gasteiger charge is -2.18. The van der Waals surface area contributed by atoms with Crippen LogP contribution in [0.15, 0.2) is 30.3 Å². The van der Waals surface area contributed by atoms with Crippen LogP contribution in [-0.4, -0.2) is 6.54 Å². The average molecular weight is 312 g/mol. The molecule has 0 aliphatic rings. The summed E-state index contributed by atoms with van der Waals surface area (Å²) in [4.78, 5) is 2.61. The van der Waals surface area contributed by atoms with Crippen molar-refractivity contribution in [2.24, 2.45) is 0 Å². The smallest absolute Gasteiger partial charge is 0.141 e. The second-order valence-electron chi connectivity index (χ2n) is 4.72. The molecule has 4 heteroatoms. The molecule has 1 heterocycles. The standard InChI is InChI=1S/C16H19ClFNS/c1-3-9-19-16(15-8-6-12(4-2)20-15)11-5-7-14(18)13(17)10-11/h5-8,10,16,19H,3-4,9H2,1-2H3. The second-order valence-corrected chi connectivity index (χ2v) is 6.33. The Bertz CT molecular complexity index is 567. The van der Waals surface area contributed by atoms with Crippen molar-refractivity contribution in [2.75, 3.05) is 6.54 Å². The summed E-state index contributed by atoms with van der Waals surface area (Å²) < 4.78 is 13.3. The van der Waals surface area contributed by atoms with E-state index in [9.17, 15) is 4.39 Å². The summed E-state index contributed by atoms with van der Waals surface area (Å²) in [6, 6.07) is 9.35. The van der Waals surface area contributed by atoms with Gasteiger partial charge in [0, 0.05) is 9.75 Å². The van der Waals surface area contributed by atoms with Gasteiger partial charge in [0.1, 0.15) is 5.82 Å². The molecule has 1 nitrogen and oxygen atoms in total. The normalized spacial score (nSPS) is 12.6. The summed E-state index contributed by atoms with van der Waals surface area (Å²) in [5, 5.41) is 3.69. The van der Waals surface area contributed by atoms with Gasteiger partial charge in [-0.3, -0.25) is 0 Å².